The van der Waals surface area contributed by atoms with Gasteiger partial charge in [0.1, 0.15) is 5.82 Å². The molecule has 3 atom stereocenters. The van der Waals surface area contributed by atoms with Crippen LogP contribution in [-0.2, 0) is 6.54 Å². The molecule has 0 saturated heterocycles. The third-order valence-electron chi connectivity index (χ3n) is 4.10. The van der Waals surface area contributed by atoms with Crippen LogP contribution in [0.1, 0.15) is 13.3 Å². The van der Waals surface area contributed by atoms with E-state index in [1.807, 2.05) is 13.0 Å². The van der Waals surface area contributed by atoms with E-state index in [0.717, 1.165) is 11.8 Å². The van der Waals surface area contributed by atoms with Gasteiger partial charge in [0, 0.05) is 18.8 Å². The van der Waals surface area contributed by atoms with Gasteiger partial charge in [-0.3, -0.25) is 4.79 Å². The molecule has 2 aromatic rings. The van der Waals surface area contributed by atoms with E-state index in [-0.39, 0.29) is 11.6 Å². The van der Waals surface area contributed by atoms with Crippen molar-refractivity contribution in [1.82, 2.24) is 4.57 Å². The Morgan fingerprint density at radius 2 is 2.30 bits per heavy atom. The second-order valence-corrected chi connectivity index (χ2v) is 6.50. The number of benzene rings is 1. The zero-order valence-corrected chi connectivity index (χ0v) is 12.7. The van der Waals surface area contributed by atoms with Crippen molar-refractivity contribution < 1.29 is 4.39 Å². The number of halogens is 2. The predicted molar refractivity (Wildman–Crippen MR) is 81.1 cm³/mol. The summed E-state index contributed by atoms with van der Waals surface area (Å²) in [6.45, 7) is 2.67. The summed E-state index contributed by atoms with van der Waals surface area (Å²) in [4.78, 5) is 12.4. The molecular weight excluding hydrogens is 323 g/mol. The van der Waals surface area contributed by atoms with E-state index in [4.69, 9.17) is 5.73 Å². The zero-order chi connectivity index (χ0) is 14.4. The van der Waals surface area contributed by atoms with Gasteiger partial charge >= 0.3 is 0 Å². The summed E-state index contributed by atoms with van der Waals surface area (Å²) in [7, 11) is 0. The highest BCUT2D eigenvalue weighted by atomic mass is 79.9. The summed E-state index contributed by atoms with van der Waals surface area (Å²) in [5.74, 6) is 0.553. The molecule has 0 amide bonds. The van der Waals surface area contributed by atoms with Gasteiger partial charge in [0.25, 0.3) is 5.56 Å². The fourth-order valence-electron chi connectivity index (χ4n) is 2.80. The molecule has 3 nitrogen and oxygen atoms in total. The van der Waals surface area contributed by atoms with Crippen LogP contribution in [0.15, 0.2) is 33.7 Å². The van der Waals surface area contributed by atoms with Crippen LogP contribution in [-0.4, -0.2) is 10.6 Å². The van der Waals surface area contributed by atoms with Crippen LogP contribution >= 0.6 is 15.9 Å². The van der Waals surface area contributed by atoms with Crippen LogP contribution in [0.2, 0.25) is 0 Å². The summed E-state index contributed by atoms with van der Waals surface area (Å²) in [5, 5.41) is 1.17. The average Bonchev–Trinajstić information content (AvgIpc) is 3.15. The lowest BCUT2D eigenvalue weighted by atomic mass is 10.1. The number of fused-ring (bicyclic) bond motifs is 1. The predicted octanol–water partition coefficient (Wildman–Crippen LogP) is 2.89. The van der Waals surface area contributed by atoms with Crippen molar-refractivity contribution in [3.05, 3.63) is 45.0 Å². The number of nitrogens with two attached hydrogens (primary N) is 1. The second kappa shape index (κ2) is 4.97. The molecule has 1 saturated carbocycles. The van der Waals surface area contributed by atoms with Gasteiger partial charge in [-0.1, -0.05) is 0 Å². The number of hydrogen-bond donors (Lipinski definition) is 1. The SMILES string of the molecule is CC(N)[C@@H]1C[C@H]1Cn1ccc2cc(Br)c(F)cc2c1=O. The van der Waals surface area contributed by atoms with Crippen LogP contribution in [0, 0.1) is 17.7 Å². The first-order valence-corrected chi connectivity index (χ1v) is 7.50. The number of rotatable bonds is 3. The summed E-state index contributed by atoms with van der Waals surface area (Å²) in [6.07, 6.45) is 2.85. The maximum atomic E-state index is 13.6. The summed E-state index contributed by atoms with van der Waals surface area (Å²) >= 11 is 3.14. The Hall–Kier alpha value is -1.20. The number of nitrogens with zero attached hydrogens (tertiary/aromatic N) is 1. The normalized spacial score (nSPS) is 23.0. The molecule has 1 aliphatic rings. The van der Waals surface area contributed by atoms with E-state index in [0.29, 0.717) is 28.2 Å². The Labute approximate surface area is 124 Å². The summed E-state index contributed by atoms with van der Waals surface area (Å²) < 4.78 is 15.6. The van der Waals surface area contributed by atoms with Gasteiger partial charge < -0.3 is 10.3 Å². The van der Waals surface area contributed by atoms with Crippen molar-refractivity contribution in [3.63, 3.8) is 0 Å². The van der Waals surface area contributed by atoms with Gasteiger partial charge in [-0.25, -0.2) is 4.39 Å². The molecule has 0 aliphatic heterocycles. The Morgan fingerprint density at radius 1 is 1.55 bits per heavy atom. The smallest absolute Gasteiger partial charge is 0.258 e. The van der Waals surface area contributed by atoms with Gasteiger partial charge in [-0.2, -0.15) is 0 Å². The molecule has 3 rings (SSSR count). The molecule has 2 N–H and O–H groups in total. The first-order chi connectivity index (χ1) is 9.47. The third kappa shape index (κ3) is 2.40. The molecular formula is C15H16BrFN2O. The summed E-state index contributed by atoms with van der Waals surface area (Å²) in [5.41, 5.74) is 5.73. The first kappa shape index (κ1) is 13.8. The number of pyridine rings is 1. The molecule has 1 aliphatic carbocycles. The van der Waals surface area contributed by atoms with Crippen LogP contribution in [0.25, 0.3) is 10.8 Å². The Kier molecular flexibility index (Phi) is 3.42. The average molecular weight is 339 g/mol. The number of hydrogen-bond acceptors (Lipinski definition) is 2. The standard InChI is InChI=1S/C15H16BrFN2O/c1-8(18)11-4-10(11)7-19-3-2-9-5-13(16)14(17)6-12(9)15(19)20/h2-3,5-6,8,10-11H,4,7,18H2,1H3/t8?,10-,11-/m0/s1. The van der Waals surface area contributed by atoms with Crippen LogP contribution in [0.4, 0.5) is 4.39 Å². The van der Waals surface area contributed by atoms with E-state index in [1.54, 1.807) is 16.8 Å². The van der Waals surface area contributed by atoms with Crippen LogP contribution < -0.4 is 11.3 Å². The molecule has 1 fully saturated rings. The maximum absolute atomic E-state index is 13.6. The van der Waals surface area contributed by atoms with Gasteiger partial charge in [0.2, 0.25) is 0 Å². The fourth-order valence-corrected chi connectivity index (χ4v) is 3.16. The highest BCUT2D eigenvalue weighted by Crippen LogP contribution is 2.41. The van der Waals surface area contributed by atoms with Crippen LogP contribution in [0.5, 0.6) is 0 Å². The summed E-state index contributed by atoms with van der Waals surface area (Å²) in [6, 6.07) is 4.96. The molecule has 106 valence electrons. The van der Waals surface area contributed by atoms with Crippen molar-refractivity contribution in [1.29, 1.82) is 0 Å². The van der Waals surface area contributed by atoms with E-state index >= 15 is 0 Å². The van der Waals surface area contributed by atoms with E-state index in [2.05, 4.69) is 15.9 Å². The minimum atomic E-state index is -0.410. The lowest BCUT2D eigenvalue weighted by molar-refractivity contribution is 0.523. The van der Waals surface area contributed by atoms with Crippen molar-refractivity contribution in [2.75, 3.05) is 0 Å². The van der Waals surface area contributed by atoms with Gasteiger partial charge in [0.05, 0.1) is 9.86 Å². The van der Waals surface area contributed by atoms with Crippen molar-refractivity contribution in [2.24, 2.45) is 17.6 Å². The monoisotopic (exact) mass is 338 g/mol. The molecule has 20 heavy (non-hydrogen) atoms. The molecule has 1 aromatic carbocycles. The Morgan fingerprint density at radius 3 is 2.95 bits per heavy atom. The topological polar surface area (TPSA) is 48.0 Å². The largest absolute Gasteiger partial charge is 0.328 e. The van der Waals surface area contributed by atoms with Crippen LogP contribution in [0.3, 0.4) is 0 Å². The van der Waals surface area contributed by atoms with Gasteiger partial charge in [0.15, 0.2) is 0 Å². The zero-order valence-electron chi connectivity index (χ0n) is 11.1. The molecule has 1 aromatic heterocycles. The second-order valence-electron chi connectivity index (χ2n) is 5.65. The fraction of sp³-hybridized carbons (Fsp3) is 0.400. The molecule has 0 radical (unpaired) electrons. The molecule has 0 bridgehead atoms. The quantitative estimate of drug-likeness (QED) is 0.935. The maximum Gasteiger partial charge on any atom is 0.258 e. The van der Waals surface area contributed by atoms with E-state index in [9.17, 15) is 9.18 Å². The van der Waals surface area contributed by atoms with Crippen molar-refractivity contribution in [3.8, 4) is 0 Å². The highest BCUT2D eigenvalue weighted by molar-refractivity contribution is 9.10. The minimum Gasteiger partial charge on any atom is -0.328 e. The lowest BCUT2D eigenvalue weighted by Gasteiger charge is -2.09. The Balaban J connectivity index is 1.96. The Bertz CT molecular complexity index is 726. The molecule has 0 spiro atoms. The van der Waals surface area contributed by atoms with Crippen molar-refractivity contribution >= 4 is 26.7 Å². The minimum absolute atomic E-state index is 0.135. The van der Waals surface area contributed by atoms with Gasteiger partial charge in [-0.15, -0.1) is 0 Å². The third-order valence-corrected chi connectivity index (χ3v) is 4.71. The lowest BCUT2D eigenvalue weighted by Crippen LogP contribution is -2.23. The molecule has 5 heteroatoms. The molecule has 1 unspecified atom stereocenters. The molecule has 1 heterocycles. The van der Waals surface area contributed by atoms with Crippen molar-refractivity contribution in [2.45, 2.75) is 25.9 Å². The number of aromatic nitrogens is 1. The van der Waals surface area contributed by atoms with Gasteiger partial charge in [-0.05, 0) is 64.7 Å². The first-order valence-electron chi connectivity index (χ1n) is 6.71. The highest BCUT2D eigenvalue weighted by Gasteiger charge is 2.39. The van der Waals surface area contributed by atoms with E-state index in [1.165, 1.54) is 6.07 Å². The van der Waals surface area contributed by atoms with E-state index < -0.39 is 5.82 Å².